The van der Waals surface area contributed by atoms with Crippen molar-refractivity contribution in [2.45, 2.75) is 32.8 Å². The second-order valence-electron chi connectivity index (χ2n) is 2.98. The highest BCUT2D eigenvalue weighted by Crippen LogP contribution is 2.25. The van der Waals surface area contributed by atoms with Gasteiger partial charge in [-0.2, -0.15) is 0 Å². The molecule has 9 heavy (non-hydrogen) atoms. The van der Waals surface area contributed by atoms with Gasteiger partial charge in [0.1, 0.15) is 6.10 Å². The Morgan fingerprint density at radius 1 is 1.67 bits per heavy atom. The fourth-order valence-corrected chi connectivity index (χ4v) is 1.10. The van der Waals surface area contributed by atoms with E-state index in [0.29, 0.717) is 12.0 Å². The lowest BCUT2D eigenvalue weighted by Gasteiger charge is -2.13. The second-order valence-corrected chi connectivity index (χ2v) is 2.98. The third-order valence-corrected chi connectivity index (χ3v) is 1.77. The Labute approximate surface area is 56.7 Å². The van der Waals surface area contributed by atoms with Crippen molar-refractivity contribution in [1.29, 1.82) is 0 Å². The zero-order valence-electron chi connectivity index (χ0n) is 6.18. The molecule has 1 atom stereocenters. The van der Waals surface area contributed by atoms with Crippen LogP contribution in [0.25, 0.3) is 0 Å². The molecule has 1 fully saturated rings. The van der Waals surface area contributed by atoms with E-state index in [9.17, 15) is 0 Å². The first kappa shape index (κ1) is 6.66. The Balaban J connectivity index is 2.39. The van der Waals surface area contributed by atoms with E-state index in [1.54, 1.807) is 0 Å². The lowest BCUT2D eigenvalue weighted by Crippen LogP contribution is -2.11. The third kappa shape index (κ3) is 1.47. The third-order valence-electron chi connectivity index (χ3n) is 1.77. The van der Waals surface area contributed by atoms with Crippen molar-refractivity contribution < 1.29 is 4.74 Å². The zero-order valence-corrected chi connectivity index (χ0v) is 6.18. The molecule has 1 saturated heterocycles. The van der Waals surface area contributed by atoms with Crippen LogP contribution in [0.1, 0.15) is 26.7 Å². The Hall–Kier alpha value is -0.460. The van der Waals surface area contributed by atoms with Gasteiger partial charge in [-0.25, -0.2) is 0 Å². The van der Waals surface area contributed by atoms with Crippen LogP contribution in [0.15, 0.2) is 12.3 Å². The van der Waals surface area contributed by atoms with Crippen molar-refractivity contribution in [3.05, 3.63) is 12.3 Å². The fourth-order valence-electron chi connectivity index (χ4n) is 1.10. The number of allylic oxidation sites excluding steroid dienone is 1. The second kappa shape index (κ2) is 2.42. The van der Waals surface area contributed by atoms with Crippen LogP contribution in [0, 0.1) is 5.92 Å². The lowest BCUT2D eigenvalue weighted by atomic mass is 10.1. The number of hydrogen-bond donors (Lipinski definition) is 0. The van der Waals surface area contributed by atoms with Crippen molar-refractivity contribution in [3.63, 3.8) is 0 Å². The van der Waals surface area contributed by atoms with Crippen molar-refractivity contribution in [3.8, 4) is 0 Å². The smallest absolute Gasteiger partial charge is 0.101 e. The largest absolute Gasteiger partial charge is 0.495 e. The van der Waals surface area contributed by atoms with Crippen molar-refractivity contribution >= 4 is 0 Å². The topological polar surface area (TPSA) is 9.23 Å². The molecule has 1 heterocycles. The monoisotopic (exact) mass is 126 g/mol. The Bertz CT molecular complexity index is 116. The van der Waals surface area contributed by atoms with Gasteiger partial charge in [0.25, 0.3) is 0 Å². The van der Waals surface area contributed by atoms with E-state index in [1.807, 2.05) is 0 Å². The van der Waals surface area contributed by atoms with Gasteiger partial charge in [0, 0.05) is 6.42 Å². The van der Waals surface area contributed by atoms with Crippen LogP contribution in [0.3, 0.4) is 0 Å². The van der Waals surface area contributed by atoms with Crippen LogP contribution >= 0.6 is 0 Å². The van der Waals surface area contributed by atoms with Crippen LogP contribution in [0.2, 0.25) is 0 Å². The maximum Gasteiger partial charge on any atom is 0.101 e. The van der Waals surface area contributed by atoms with Gasteiger partial charge in [-0.1, -0.05) is 20.4 Å². The SMILES string of the molecule is C=C1CCC(C(C)C)O1. The number of hydrogen-bond acceptors (Lipinski definition) is 1. The molecule has 0 amide bonds. The van der Waals surface area contributed by atoms with Crippen molar-refractivity contribution in [2.24, 2.45) is 5.92 Å². The van der Waals surface area contributed by atoms with E-state index >= 15 is 0 Å². The molecule has 0 aromatic carbocycles. The van der Waals surface area contributed by atoms with Gasteiger partial charge >= 0.3 is 0 Å². The summed E-state index contributed by atoms with van der Waals surface area (Å²) in [5, 5.41) is 0. The van der Waals surface area contributed by atoms with Crippen molar-refractivity contribution in [1.82, 2.24) is 0 Å². The first-order chi connectivity index (χ1) is 4.20. The normalized spacial score (nSPS) is 27.0. The molecule has 52 valence electrons. The molecule has 0 saturated carbocycles. The standard InChI is InChI=1S/C8H14O/c1-6(2)8-5-4-7(3)9-8/h6,8H,3-5H2,1-2H3. The molecule has 0 N–H and O–H groups in total. The van der Waals surface area contributed by atoms with Crippen molar-refractivity contribution in [2.75, 3.05) is 0 Å². The zero-order chi connectivity index (χ0) is 6.85. The van der Waals surface area contributed by atoms with E-state index in [0.717, 1.165) is 18.6 Å². The van der Waals surface area contributed by atoms with Crippen LogP contribution in [0.4, 0.5) is 0 Å². The Morgan fingerprint density at radius 3 is 2.56 bits per heavy atom. The minimum atomic E-state index is 0.442. The molecule has 0 bridgehead atoms. The molecule has 0 aliphatic carbocycles. The predicted octanol–water partition coefficient (Wildman–Crippen LogP) is 2.34. The molecule has 0 radical (unpaired) electrons. The molecule has 0 aromatic heterocycles. The highest BCUT2D eigenvalue weighted by molar-refractivity contribution is 4.91. The molecule has 1 nitrogen and oxygen atoms in total. The van der Waals surface area contributed by atoms with Gasteiger partial charge in [-0.15, -0.1) is 0 Å². The van der Waals surface area contributed by atoms with Crippen LogP contribution in [-0.2, 0) is 4.74 Å². The van der Waals surface area contributed by atoms with E-state index < -0.39 is 0 Å². The van der Waals surface area contributed by atoms with Gasteiger partial charge in [0.15, 0.2) is 0 Å². The van der Waals surface area contributed by atoms with Crippen LogP contribution < -0.4 is 0 Å². The lowest BCUT2D eigenvalue weighted by molar-refractivity contribution is 0.118. The first-order valence-corrected chi connectivity index (χ1v) is 3.54. The average molecular weight is 126 g/mol. The van der Waals surface area contributed by atoms with E-state index in [1.165, 1.54) is 0 Å². The minimum Gasteiger partial charge on any atom is -0.495 e. The van der Waals surface area contributed by atoms with Crippen LogP contribution in [0.5, 0.6) is 0 Å². The summed E-state index contributed by atoms with van der Waals surface area (Å²) >= 11 is 0. The number of rotatable bonds is 1. The van der Waals surface area contributed by atoms with E-state index in [4.69, 9.17) is 4.74 Å². The van der Waals surface area contributed by atoms with Gasteiger partial charge in [0.05, 0.1) is 5.76 Å². The predicted molar refractivity (Wildman–Crippen MR) is 38.1 cm³/mol. The summed E-state index contributed by atoms with van der Waals surface area (Å²) in [5.41, 5.74) is 0. The summed E-state index contributed by atoms with van der Waals surface area (Å²) in [6, 6.07) is 0. The summed E-state index contributed by atoms with van der Waals surface area (Å²) in [4.78, 5) is 0. The van der Waals surface area contributed by atoms with E-state index in [2.05, 4.69) is 20.4 Å². The molecule has 1 heteroatoms. The summed E-state index contributed by atoms with van der Waals surface area (Å²) in [6.07, 6.45) is 2.66. The van der Waals surface area contributed by atoms with Gasteiger partial charge < -0.3 is 4.74 Å². The maximum atomic E-state index is 5.43. The number of ether oxygens (including phenoxy) is 1. The summed E-state index contributed by atoms with van der Waals surface area (Å²) in [6.45, 7) is 8.13. The molecule has 0 spiro atoms. The molecule has 1 rings (SSSR count). The molecule has 1 aliphatic rings. The quantitative estimate of drug-likeness (QED) is 0.524. The Kier molecular flexibility index (Phi) is 1.79. The highest BCUT2D eigenvalue weighted by Gasteiger charge is 2.21. The molecule has 1 aliphatic heterocycles. The molecule has 0 aromatic rings. The van der Waals surface area contributed by atoms with Gasteiger partial charge in [-0.05, 0) is 12.3 Å². The Morgan fingerprint density at radius 2 is 2.33 bits per heavy atom. The van der Waals surface area contributed by atoms with Gasteiger partial charge in [0.2, 0.25) is 0 Å². The fraction of sp³-hybridized carbons (Fsp3) is 0.750. The summed E-state index contributed by atoms with van der Waals surface area (Å²) in [5.74, 6) is 1.61. The maximum absolute atomic E-state index is 5.43. The summed E-state index contributed by atoms with van der Waals surface area (Å²) in [7, 11) is 0. The molecule has 1 unspecified atom stereocenters. The average Bonchev–Trinajstić information content (AvgIpc) is 2.14. The molecular weight excluding hydrogens is 112 g/mol. The van der Waals surface area contributed by atoms with E-state index in [-0.39, 0.29) is 0 Å². The van der Waals surface area contributed by atoms with Gasteiger partial charge in [-0.3, -0.25) is 0 Å². The minimum absolute atomic E-state index is 0.442. The molecular formula is C8H14O. The first-order valence-electron chi connectivity index (χ1n) is 3.54. The highest BCUT2D eigenvalue weighted by atomic mass is 16.5. The summed E-state index contributed by atoms with van der Waals surface area (Å²) < 4.78 is 5.43. The van der Waals surface area contributed by atoms with Crippen LogP contribution in [-0.4, -0.2) is 6.10 Å².